The molecule has 84 valence electrons. The molecule has 0 aromatic heterocycles. The van der Waals surface area contributed by atoms with Gasteiger partial charge in [0.1, 0.15) is 0 Å². The molecule has 1 unspecified atom stereocenters. The first-order valence-corrected chi connectivity index (χ1v) is 6.01. The predicted octanol–water partition coefficient (Wildman–Crippen LogP) is 2.37. The highest BCUT2D eigenvalue weighted by Crippen LogP contribution is 2.42. The second-order valence-corrected chi connectivity index (χ2v) is 4.67. The van der Waals surface area contributed by atoms with Crippen LogP contribution in [-0.4, -0.2) is 24.8 Å². The van der Waals surface area contributed by atoms with Crippen molar-refractivity contribution in [1.29, 1.82) is 0 Å². The molecule has 0 bridgehead atoms. The van der Waals surface area contributed by atoms with E-state index in [0.717, 1.165) is 38.9 Å². The molecular formula is C12H18O3. The molecule has 3 heteroatoms. The Balaban J connectivity index is 1.74. The minimum Gasteiger partial charge on any atom is -0.346 e. The van der Waals surface area contributed by atoms with Crippen LogP contribution in [0, 0.1) is 0 Å². The van der Waals surface area contributed by atoms with Crippen LogP contribution in [0.3, 0.4) is 0 Å². The van der Waals surface area contributed by atoms with E-state index in [9.17, 15) is 0 Å². The van der Waals surface area contributed by atoms with Crippen molar-refractivity contribution < 1.29 is 14.2 Å². The molecule has 0 aromatic rings. The lowest BCUT2D eigenvalue weighted by molar-refractivity contribution is -0.325. The molecule has 15 heavy (non-hydrogen) atoms. The minimum absolute atomic E-state index is 0.463. The zero-order valence-electron chi connectivity index (χ0n) is 9.04. The third-order valence-corrected chi connectivity index (χ3v) is 3.47. The highest BCUT2D eigenvalue weighted by molar-refractivity contribution is 5.12. The summed E-state index contributed by atoms with van der Waals surface area (Å²) in [7, 11) is 0. The van der Waals surface area contributed by atoms with Gasteiger partial charge < -0.3 is 14.2 Å². The molecule has 2 atom stereocenters. The van der Waals surface area contributed by atoms with Gasteiger partial charge in [-0.2, -0.15) is 0 Å². The van der Waals surface area contributed by atoms with Gasteiger partial charge in [0.15, 0.2) is 11.6 Å². The Morgan fingerprint density at radius 1 is 0.733 bits per heavy atom. The topological polar surface area (TPSA) is 27.7 Å². The molecule has 3 aliphatic rings. The summed E-state index contributed by atoms with van der Waals surface area (Å²) >= 11 is 0. The first kappa shape index (κ1) is 9.82. The molecule has 2 spiro atoms. The lowest BCUT2D eigenvalue weighted by Crippen LogP contribution is -2.43. The second-order valence-electron chi connectivity index (χ2n) is 4.67. The number of hydrogen-bond donors (Lipinski definition) is 0. The standard InChI is InChI=1S/C12H18O3/c1-3-9-13-11(5-1)7-8-12(15-11)6-2-4-10-14-12/h7-8H,1-6,9-10H2/t11-,12?/m1/s1. The van der Waals surface area contributed by atoms with Crippen LogP contribution < -0.4 is 0 Å². The van der Waals surface area contributed by atoms with E-state index >= 15 is 0 Å². The van der Waals surface area contributed by atoms with Crippen molar-refractivity contribution in [3.8, 4) is 0 Å². The zero-order valence-corrected chi connectivity index (χ0v) is 9.04. The summed E-state index contributed by atoms with van der Waals surface area (Å²) in [5.41, 5.74) is 0. The van der Waals surface area contributed by atoms with E-state index < -0.39 is 11.6 Å². The lowest BCUT2D eigenvalue weighted by atomic mass is 10.1. The van der Waals surface area contributed by atoms with Crippen molar-refractivity contribution in [3.63, 3.8) is 0 Å². The van der Waals surface area contributed by atoms with Crippen molar-refractivity contribution in [3.05, 3.63) is 12.2 Å². The van der Waals surface area contributed by atoms with Crippen molar-refractivity contribution in [2.45, 2.75) is 50.1 Å². The molecule has 2 saturated heterocycles. The molecule has 3 heterocycles. The maximum atomic E-state index is 6.06. The summed E-state index contributed by atoms with van der Waals surface area (Å²) in [5, 5.41) is 0. The van der Waals surface area contributed by atoms with Gasteiger partial charge in [-0.25, -0.2) is 0 Å². The summed E-state index contributed by atoms with van der Waals surface area (Å²) in [4.78, 5) is 0. The monoisotopic (exact) mass is 210 g/mol. The molecule has 0 amide bonds. The van der Waals surface area contributed by atoms with Gasteiger partial charge >= 0.3 is 0 Å². The third kappa shape index (κ3) is 1.73. The fourth-order valence-corrected chi connectivity index (χ4v) is 2.62. The summed E-state index contributed by atoms with van der Waals surface area (Å²) in [6.45, 7) is 1.61. The van der Waals surface area contributed by atoms with Gasteiger partial charge in [-0.05, 0) is 37.8 Å². The summed E-state index contributed by atoms with van der Waals surface area (Å²) in [5.74, 6) is -0.925. The van der Waals surface area contributed by atoms with Gasteiger partial charge in [0.2, 0.25) is 0 Å². The Kier molecular flexibility index (Phi) is 2.34. The highest BCUT2D eigenvalue weighted by atomic mass is 16.8. The molecule has 0 radical (unpaired) electrons. The molecule has 0 N–H and O–H groups in total. The third-order valence-electron chi connectivity index (χ3n) is 3.47. The molecule has 2 fully saturated rings. The summed E-state index contributed by atoms with van der Waals surface area (Å²) < 4.78 is 17.6. The molecular weight excluding hydrogens is 192 g/mol. The van der Waals surface area contributed by atoms with E-state index in [1.54, 1.807) is 0 Å². The van der Waals surface area contributed by atoms with Crippen LogP contribution in [0.1, 0.15) is 38.5 Å². The van der Waals surface area contributed by atoms with Crippen LogP contribution in [0.15, 0.2) is 12.2 Å². The Bertz CT molecular complexity index is 234. The largest absolute Gasteiger partial charge is 0.346 e. The Hall–Kier alpha value is -0.380. The first-order chi connectivity index (χ1) is 7.33. The van der Waals surface area contributed by atoms with Crippen LogP contribution >= 0.6 is 0 Å². The Labute approximate surface area is 90.4 Å². The summed E-state index contributed by atoms with van der Waals surface area (Å²) in [6, 6.07) is 0. The normalized spacial score (nSPS) is 45.3. The van der Waals surface area contributed by atoms with Crippen molar-refractivity contribution in [1.82, 2.24) is 0 Å². The van der Waals surface area contributed by atoms with Gasteiger partial charge in [0.05, 0.1) is 13.2 Å². The molecule has 3 rings (SSSR count). The highest BCUT2D eigenvalue weighted by Gasteiger charge is 2.47. The van der Waals surface area contributed by atoms with Crippen LogP contribution in [0.5, 0.6) is 0 Å². The average Bonchev–Trinajstić information content (AvgIpc) is 2.60. The van der Waals surface area contributed by atoms with E-state index in [1.807, 2.05) is 0 Å². The van der Waals surface area contributed by atoms with E-state index in [1.165, 1.54) is 12.8 Å². The number of hydrogen-bond acceptors (Lipinski definition) is 3. The van der Waals surface area contributed by atoms with Crippen molar-refractivity contribution >= 4 is 0 Å². The van der Waals surface area contributed by atoms with Crippen LogP contribution in [-0.2, 0) is 14.2 Å². The van der Waals surface area contributed by atoms with E-state index in [0.29, 0.717) is 0 Å². The number of rotatable bonds is 0. The number of ether oxygens (including phenoxy) is 3. The van der Waals surface area contributed by atoms with Gasteiger partial charge in [-0.3, -0.25) is 0 Å². The minimum atomic E-state index is -0.463. The van der Waals surface area contributed by atoms with Gasteiger partial charge in [0, 0.05) is 12.8 Å². The summed E-state index contributed by atoms with van der Waals surface area (Å²) in [6.07, 6.45) is 10.7. The quantitative estimate of drug-likeness (QED) is 0.574. The molecule has 3 nitrogen and oxygen atoms in total. The SMILES string of the molecule is C1=C[C@@]2(CCCCO2)OC12CCCCO2. The predicted molar refractivity (Wildman–Crippen MR) is 55.3 cm³/mol. The lowest BCUT2D eigenvalue weighted by Gasteiger charge is -2.39. The van der Waals surface area contributed by atoms with E-state index in [2.05, 4.69) is 12.2 Å². The smallest absolute Gasteiger partial charge is 0.191 e. The van der Waals surface area contributed by atoms with Crippen LogP contribution in [0.2, 0.25) is 0 Å². The van der Waals surface area contributed by atoms with Crippen LogP contribution in [0.25, 0.3) is 0 Å². The van der Waals surface area contributed by atoms with Crippen LogP contribution in [0.4, 0.5) is 0 Å². The van der Waals surface area contributed by atoms with E-state index in [-0.39, 0.29) is 0 Å². The molecule has 3 aliphatic heterocycles. The van der Waals surface area contributed by atoms with Gasteiger partial charge in [0.25, 0.3) is 0 Å². The molecule has 0 aliphatic carbocycles. The Morgan fingerprint density at radius 3 is 1.67 bits per heavy atom. The fourth-order valence-electron chi connectivity index (χ4n) is 2.62. The van der Waals surface area contributed by atoms with E-state index in [4.69, 9.17) is 14.2 Å². The zero-order chi connectivity index (χ0) is 10.2. The average molecular weight is 210 g/mol. The second kappa shape index (κ2) is 3.58. The first-order valence-electron chi connectivity index (χ1n) is 6.01. The maximum absolute atomic E-state index is 6.06. The van der Waals surface area contributed by atoms with Gasteiger partial charge in [-0.1, -0.05) is 0 Å². The fraction of sp³-hybridized carbons (Fsp3) is 0.833. The van der Waals surface area contributed by atoms with Gasteiger partial charge in [-0.15, -0.1) is 0 Å². The molecule has 0 saturated carbocycles. The maximum Gasteiger partial charge on any atom is 0.191 e. The van der Waals surface area contributed by atoms with Crippen molar-refractivity contribution in [2.75, 3.05) is 13.2 Å². The van der Waals surface area contributed by atoms with Crippen molar-refractivity contribution in [2.24, 2.45) is 0 Å². The Morgan fingerprint density at radius 2 is 1.27 bits per heavy atom. The molecule has 0 aromatic carbocycles.